The van der Waals surface area contributed by atoms with Crippen LogP contribution in [-0.4, -0.2) is 57.5 Å². The van der Waals surface area contributed by atoms with Crippen LogP contribution in [0, 0.1) is 0 Å². The first-order valence-electron chi connectivity index (χ1n) is 10.3. The number of imidazole rings is 1. The van der Waals surface area contributed by atoms with Gasteiger partial charge in [-0.25, -0.2) is 15.0 Å². The van der Waals surface area contributed by atoms with E-state index >= 15 is 0 Å². The second-order valence-corrected chi connectivity index (χ2v) is 8.98. The minimum atomic E-state index is -0.296. The number of ether oxygens (including phenoxy) is 1. The molecule has 0 unspecified atom stereocenters. The maximum atomic E-state index is 12.9. The summed E-state index contributed by atoms with van der Waals surface area (Å²) >= 11 is 9.68. The van der Waals surface area contributed by atoms with E-state index in [2.05, 4.69) is 41.2 Å². The van der Waals surface area contributed by atoms with Gasteiger partial charge in [-0.1, -0.05) is 23.8 Å². The van der Waals surface area contributed by atoms with Gasteiger partial charge in [-0.15, -0.1) is 0 Å². The van der Waals surface area contributed by atoms with Gasteiger partial charge in [0.1, 0.15) is 24.0 Å². The number of aromatic nitrogens is 4. The molecule has 33 heavy (non-hydrogen) atoms. The molecule has 2 aromatic heterocycles. The highest BCUT2D eigenvalue weighted by molar-refractivity contribution is 9.10. The van der Waals surface area contributed by atoms with Crippen molar-refractivity contribution in [3.63, 3.8) is 0 Å². The number of rotatable bonds is 6. The Balaban J connectivity index is 1.49. The maximum Gasteiger partial charge on any atom is 0.255 e. The van der Waals surface area contributed by atoms with Crippen molar-refractivity contribution in [2.45, 2.75) is 6.04 Å². The molecule has 2 N–H and O–H groups in total. The minimum Gasteiger partial charge on any atom is -0.382 e. The van der Waals surface area contributed by atoms with Gasteiger partial charge in [0.05, 0.1) is 28.7 Å². The van der Waals surface area contributed by atoms with Crippen LogP contribution in [0.15, 0.2) is 53.3 Å². The molecule has 4 aromatic rings. The zero-order valence-electron chi connectivity index (χ0n) is 17.7. The van der Waals surface area contributed by atoms with E-state index in [4.69, 9.17) is 16.3 Å². The van der Waals surface area contributed by atoms with Crippen LogP contribution in [-0.2, 0) is 4.74 Å². The van der Waals surface area contributed by atoms with Gasteiger partial charge in [0.2, 0.25) is 0 Å². The van der Waals surface area contributed by atoms with E-state index in [1.54, 1.807) is 24.1 Å². The molecule has 168 valence electrons. The van der Waals surface area contributed by atoms with Crippen molar-refractivity contribution in [2.24, 2.45) is 0 Å². The van der Waals surface area contributed by atoms with Crippen molar-refractivity contribution in [3.8, 4) is 0 Å². The molecule has 1 amide bonds. The monoisotopic (exact) mass is 526 g/mol. The van der Waals surface area contributed by atoms with Crippen molar-refractivity contribution in [2.75, 3.05) is 32.1 Å². The number of H-pyrrole nitrogens is 1. The average molecular weight is 528 g/mol. The number of benzene rings is 2. The number of carbonyl (C=O) groups is 1. The lowest BCUT2D eigenvalue weighted by Gasteiger charge is -2.19. The fourth-order valence-electron chi connectivity index (χ4n) is 3.86. The van der Waals surface area contributed by atoms with Crippen LogP contribution in [0.3, 0.4) is 0 Å². The van der Waals surface area contributed by atoms with Crippen molar-refractivity contribution in [3.05, 3.63) is 69.7 Å². The van der Waals surface area contributed by atoms with Crippen LogP contribution >= 0.6 is 27.5 Å². The predicted octanol–water partition coefficient (Wildman–Crippen LogP) is 4.73. The van der Waals surface area contributed by atoms with Crippen molar-refractivity contribution >= 4 is 61.2 Å². The Bertz CT molecular complexity index is 1380. The summed E-state index contributed by atoms with van der Waals surface area (Å²) in [4.78, 5) is 31.5. The summed E-state index contributed by atoms with van der Waals surface area (Å²) in [5.74, 6) is 1.27. The molecule has 0 radical (unpaired) electrons. The first kappa shape index (κ1) is 21.8. The van der Waals surface area contributed by atoms with E-state index in [9.17, 15) is 4.79 Å². The summed E-state index contributed by atoms with van der Waals surface area (Å²) in [6.07, 6.45) is 5.45. The fraction of sp³-hybridized carbons (Fsp3) is 0.217. The number of methoxy groups -OCH3 is 1. The lowest BCUT2D eigenvalue weighted by Crippen LogP contribution is -2.28. The molecule has 0 aliphatic carbocycles. The molecular formula is C23H20BrClN6O2. The molecule has 0 saturated heterocycles. The van der Waals surface area contributed by atoms with Crippen LogP contribution in [0.5, 0.6) is 0 Å². The normalized spacial score (nSPS) is 14.3. The van der Waals surface area contributed by atoms with Gasteiger partial charge in [-0.05, 0) is 46.3 Å². The highest BCUT2D eigenvalue weighted by Crippen LogP contribution is 2.30. The average Bonchev–Trinajstić information content (AvgIpc) is 3.48. The van der Waals surface area contributed by atoms with E-state index < -0.39 is 0 Å². The van der Waals surface area contributed by atoms with Crippen molar-refractivity contribution < 1.29 is 9.53 Å². The van der Waals surface area contributed by atoms with E-state index in [-0.39, 0.29) is 11.9 Å². The van der Waals surface area contributed by atoms with Gasteiger partial charge in [0.25, 0.3) is 5.91 Å². The summed E-state index contributed by atoms with van der Waals surface area (Å²) in [5, 5.41) is 4.83. The minimum absolute atomic E-state index is 0.0416. The van der Waals surface area contributed by atoms with Crippen molar-refractivity contribution in [1.82, 2.24) is 24.8 Å². The molecule has 3 heterocycles. The lowest BCUT2D eigenvalue weighted by molar-refractivity contribution is 0.0799. The summed E-state index contributed by atoms with van der Waals surface area (Å²) in [6.45, 7) is 1.58. The smallest absolute Gasteiger partial charge is 0.255 e. The van der Waals surface area contributed by atoms with Gasteiger partial charge in [-0.2, -0.15) is 0 Å². The molecule has 8 nitrogen and oxygen atoms in total. The largest absolute Gasteiger partial charge is 0.382 e. The second-order valence-electron chi connectivity index (χ2n) is 7.69. The van der Waals surface area contributed by atoms with Crippen LogP contribution in [0.4, 0.5) is 5.82 Å². The van der Waals surface area contributed by atoms with Gasteiger partial charge >= 0.3 is 0 Å². The molecule has 0 fully saturated rings. The third kappa shape index (κ3) is 4.31. The number of nitrogens with one attached hydrogen (secondary N) is 2. The third-order valence-corrected chi connectivity index (χ3v) is 6.39. The number of hydrogen-bond donors (Lipinski definition) is 2. The highest BCUT2D eigenvalue weighted by Gasteiger charge is 2.22. The number of carbonyl (C=O) groups excluding carboxylic acids is 1. The van der Waals surface area contributed by atoms with E-state index in [0.29, 0.717) is 51.9 Å². The van der Waals surface area contributed by atoms with E-state index in [0.717, 1.165) is 16.4 Å². The van der Waals surface area contributed by atoms with E-state index in [1.165, 1.54) is 6.33 Å². The predicted molar refractivity (Wildman–Crippen MR) is 132 cm³/mol. The Morgan fingerprint density at radius 3 is 2.85 bits per heavy atom. The van der Waals surface area contributed by atoms with Crippen LogP contribution in [0.2, 0.25) is 5.02 Å². The number of hydrogen-bond acceptors (Lipinski definition) is 6. The molecule has 1 aliphatic rings. The number of anilines is 1. The van der Waals surface area contributed by atoms with Crippen LogP contribution in [0.25, 0.3) is 21.9 Å². The highest BCUT2D eigenvalue weighted by atomic mass is 79.9. The third-order valence-electron chi connectivity index (χ3n) is 5.50. The molecule has 2 aromatic carbocycles. The van der Waals surface area contributed by atoms with Crippen LogP contribution in [0.1, 0.15) is 22.2 Å². The van der Waals surface area contributed by atoms with Crippen molar-refractivity contribution in [1.29, 1.82) is 0 Å². The fourth-order valence-corrected chi connectivity index (χ4v) is 4.54. The van der Waals surface area contributed by atoms with E-state index in [1.807, 2.05) is 30.4 Å². The Kier molecular flexibility index (Phi) is 6.01. The van der Waals surface area contributed by atoms with Gasteiger partial charge < -0.3 is 19.9 Å². The zero-order valence-corrected chi connectivity index (χ0v) is 20.0. The standard InChI is InChI=1S/C23H20BrClN6O2/c1-33-11-20(22-28-17-5-4-13(25)8-19(17)29-22)30-21-15-9-16(24)14(10-18(15)26-12-27-21)23(32)31-6-2-3-7-31/h2-5,8-10,12,20H,6-7,11H2,1H3,(H,28,29)(H,26,27,30)/t20-/m0/s1. The first-order valence-corrected chi connectivity index (χ1v) is 11.5. The molecule has 1 aliphatic heterocycles. The van der Waals surface area contributed by atoms with Gasteiger partial charge in [-0.3, -0.25) is 4.79 Å². The summed E-state index contributed by atoms with van der Waals surface area (Å²) in [5.41, 5.74) is 2.89. The Labute approximate surface area is 203 Å². The maximum absolute atomic E-state index is 12.9. The quantitative estimate of drug-likeness (QED) is 0.352. The Morgan fingerprint density at radius 1 is 1.24 bits per heavy atom. The molecule has 0 spiro atoms. The number of fused-ring (bicyclic) bond motifs is 2. The number of amides is 1. The lowest BCUT2D eigenvalue weighted by atomic mass is 10.1. The summed E-state index contributed by atoms with van der Waals surface area (Å²) in [7, 11) is 1.63. The number of halogens is 2. The Morgan fingerprint density at radius 2 is 2.06 bits per heavy atom. The number of nitrogens with zero attached hydrogens (tertiary/aromatic N) is 4. The first-order chi connectivity index (χ1) is 16.0. The van der Waals surface area contributed by atoms with Gasteiger partial charge in [0, 0.05) is 35.1 Å². The zero-order chi connectivity index (χ0) is 22.9. The summed E-state index contributed by atoms with van der Waals surface area (Å²) in [6, 6.07) is 8.88. The van der Waals surface area contributed by atoms with Crippen LogP contribution < -0.4 is 5.32 Å². The topological polar surface area (TPSA) is 96.0 Å². The summed E-state index contributed by atoms with van der Waals surface area (Å²) < 4.78 is 6.12. The molecule has 0 saturated carbocycles. The molecule has 10 heteroatoms. The van der Waals surface area contributed by atoms with Gasteiger partial charge in [0.15, 0.2) is 0 Å². The SMILES string of the molecule is COC[C@H](Nc1ncnc2cc(C(=O)N3CC=CC3)c(Br)cc12)c1nc2ccc(Cl)cc2[nH]1. The second kappa shape index (κ2) is 9.09. The molecular weight excluding hydrogens is 508 g/mol. The number of aromatic amines is 1. The Hall–Kier alpha value is -3.01. The molecule has 1 atom stereocenters. The molecule has 5 rings (SSSR count). The molecule has 0 bridgehead atoms.